The molecule has 0 unspecified atom stereocenters. The number of halogens is 6. The first-order chi connectivity index (χ1) is 12.3. The summed E-state index contributed by atoms with van der Waals surface area (Å²) in [5.74, 6) is -10.1. The van der Waals surface area contributed by atoms with Gasteiger partial charge in [0, 0.05) is 29.7 Å². The molecule has 0 spiro atoms. The molecule has 3 nitrogen and oxygen atoms in total. The molecule has 9 heteroatoms. The highest BCUT2D eigenvalue weighted by molar-refractivity contribution is 14.1. The molecule has 0 aliphatic carbocycles. The van der Waals surface area contributed by atoms with Crippen LogP contribution in [0.3, 0.4) is 0 Å². The summed E-state index contributed by atoms with van der Waals surface area (Å²) in [6.45, 7) is 0.105. The minimum atomic E-state index is -2.18. The highest BCUT2D eigenvalue weighted by atomic mass is 127. The van der Waals surface area contributed by atoms with Gasteiger partial charge >= 0.3 is 0 Å². The van der Waals surface area contributed by atoms with Crippen LogP contribution in [0.15, 0.2) is 24.3 Å². The van der Waals surface area contributed by atoms with Crippen LogP contribution in [0.25, 0.3) is 0 Å². The van der Waals surface area contributed by atoms with Gasteiger partial charge in [0.15, 0.2) is 23.3 Å². The van der Waals surface area contributed by atoms with Crippen molar-refractivity contribution in [1.82, 2.24) is 4.90 Å². The van der Waals surface area contributed by atoms with E-state index in [1.807, 2.05) is 22.6 Å². The fourth-order valence-electron chi connectivity index (χ4n) is 2.81. The van der Waals surface area contributed by atoms with E-state index in [0.717, 1.165) is 8.47 Å². The first kappa shape index (κ1) is 18.9. The summed E-state index contributed by atoms with van der Waals surface area (Å²) in [6.07, 6.45) is 0. The monoisotopic (exact) mass is 482 g/mol. The summed E-state index contributed by atoms with van der Waals surface area (Å²) < 4.78 is 68.5. The molecule has 138 valence electrons. The fraction of sp³-hybridized carbons (Fsp3) is 0.235. The lowest BCUT2D eigenvalue weighted by Gasteiger charge is -2.36. The number of carbonyl (C=O) groups is 1. The van der Waals surface area contributed by atoms with E-state index in [2.05, 4.69) is 0 Å². The predicted octanol–water partition coefficient (Wildman–Crippen LogP) is 3.95. The molecule has 1 aliphatic heterocycles. The molecule has 1 amide bonds. The van der Waals surface area contributed by atoms with E-state index in [9.17, 15) is 26.7 Å². The van der Waals surface area contributed by atoms with Gasteiger partial charge in [-0.1, -0.05) is 12.1 Å². The number of hydrogen-bond acceptors (Lipinski definition) is 2. The van der Waals surface area contributed by atoms with Crippen LogP contribution in [0, 0.1) is 32.7 Å². The molecule has 0 radical (unpaired) electrons. The second-order valence-electron chi connectivity index (χ2n) is 5.68. The molecular weight excluding hydrogens is 470 g/mol. The Hall–Kier alpha value is -1.91. The van der Waals surface area contributed by atoms with Crippen LogP contribution < -0.4 is 4.90 Å². The Morgan fingerprint density at radius 3 is 1.85 bits per heavy atom. The summed E-state index contributed by atoms with van der Waals surface area (Å²) in [5.41, 5.74) is -0.458. The van der Waals surface area contributed by atoms with Crippen LogP contribution in [0.4, 0.5) is 27.6 Å². The summed E-state index contributed by atoms with van der Waals surface area (Å²) in [7, 11) is 0. The summed E-state index contributed by atoms with van der Waals surface area (Å²) in [5, 5.41) is 0. The van der Waals surface area contributed by atoms with Crippen molar-refractivity contribution in [2.75, 3.05) is 31.1 Å². The number of benzene rings is 2. The minimum Gasteiger partial charge on any atom is -0.363 e. The smallest absolute Gasteiger partial charge is 0.255 e. The molecule has 0 N–H and O–H groups in total. The molecule has 1 aliphatic rings. The standard InChI is InChI=1S/C17H12F5IN2O/c18-11-12(19)14(21)16(15(22)13(11)20)24-5-7-25(8-6-24)17(26)9-3-1-2-4-10(9)23/h1-4H,5-8H2. The number of rotatable bonds is 2. The zero-order chi connectivity index (χ0) is 19.0. The lowest BCUT2D eigenvalue weighted by Crippen LogP contribution is -2.49. The van der Waals surface area contributed by atoms with Crippen LogP contribution in [0.5, 0.6) is 0 Å². The quantitative estimate of drug-likeness (QED) is 0.280. The van der Waals surface area contributed by atoms with E-state index in [0.29, 0.717) is 5.56 Å². The normalized spacial score (nSPS) is 14.7. The maximum Gasteiger partial charge on any atom is 0.255 e. The first-order valence-corrected chi connectivity index (χ1v) is 8.71. The highest BCUT2D eigenvalue weighted by Gasteiger charge is 2.31. The van der Waals surface area contributed by atoms with E-state index in [-0.39, 0.29) is 32.1 Å². The lowest BCUT2D eigenvalue weighted by molar-refractivity contribution is 0.0745. The zero-order valence-corrected chi connectivity index (χ0v) is 15.4. The topological polar surface area (TPSA) is 23.6 Å². The van der Waals surface area contributed by atoms with Gasteiger partial charge in [-0.3, -0.25) is 4.79 Å². The predicted molar refractivity (Wildman–Crippen MR) is 93.5 cm³/mol. The summed E-state index contributed by atoms with van der Waals surface area (Å²) in [4.78, 5) is 15.1. The molecule has 1 fully saturated rings. The Bertz CT molecular complexity index is 839. The Balaban J connectivity index is 1.80. The highest BCUT2D eigenvalue weighted by Crippen LogP contribution is 2.31. The van der Waals surface area contributed by atoms with E-state index < -0.39 is 34.8 Å². The van der Waals surface area contributed by atoms with Crippen molar-refractivity contribution in [3.63, 3.8) is 0 Å². The zero-order valence-electron chi connectivity index (χ0n) is 13.2. The minimum absolute atomic E-state index is 0.0481. The average molecular weight is 482 g/mol. The van der Waals surface area contributed by atoms with E-state index in [1.54, 1.807) is 24.3 Å². The fourth-order valence-corrected chi connectivity index (χ4v) is 3.43. The Morgan fingerprint density at radius 1 is 0.808 bits per heavy atom. The third kappa shape index (κ3) is 3.24. The molecule has 0 saturated carbocycles. The second-order valence-corrected chi connectivity index (χ2v) is 6.84. The Morgan fingerprint density at radius 2 is 1.31 bits per heavy atom. The molecule has 1 heterocycles. The van der Waals surface area contributed by atoms with Crippen LogP contribution >= 0.6 is 22.6 Å². The van der Waals surface area contributed by atoms with Crippen molar-refractivity contribution in [1.29, 1.82) is 0 Å². The van der Waals surface area contributed by atoms with Crippen LogP contribution in [-0.2, 0) is 0 Å². The van der Waals surface area contributed by atoms with Gasteiger partial charge in [-0.25, -0.2) is 22.0 Å². The summed E-state index contributed by atoms with van der Waals surface area (Å²) >= 11 is 2.03. The molecule has 2 aromatic rings. The lowest BCUT2D eigenvalue weighted by atomic mass is 10.1. The maximum atomic E-state index is 13.9. The molecule has 0 aromatic heterocycles. The Labute approximate surface area is 159 Å². The number of piperazine rings is 1. The van der Waals surface area contributed by atoms with Gasteiger partial charge in [-0.15, -0.1) is 0 Å². The van der Waals surface area contributed by atoms with Crippen molar-refractivity contribution in [3.05, 3.63) is 62.5 Å². The van der Waals surface area contributed by atoms with Gasteiger partial charge in [-0.05, 0) is 34.7 Å². The largest absolute Gasteiger partial charge is 0.363 e. The van der Waals surface area contributed by atoms with E-state index in [4.69, 9.17) is 0 Å². The molecular formula is C17H12F5IN2O. The molecule has 2 aromatic carbocycles. The Kier molecular flexibility index (Phi) is 5.35. The van der Waals surface area contributed by atoms with Crippen molar-refractivity contribution in [2.24, 2.45) is 0 Å². The van der Waals surface area contributed by atoms with Gasteiger partial charge in [0.1, 0.15) is 5.69 Å². The third-order valence-electron chi connectivity index (χ3n) is 4.17. The number of hydrogen-bond donors (Lipinski definition) is 0. The van der Waals surface area contributed by atoms with Gasteiger partial charge in [0.25, 0.3) is 5.91 Å². The van der Waals surface area contributed by atoms with Crippen molar-refractivity contribution < 1.29 is 26.7 Å². The molecule has 26 heavy (non-hydrogen) atoms. The average Bonchev–Trinajstić information content (AvgIpc) is 2.65. The van der Waals surface area contributed by atoms with Crippen LogP contribution in [0.2, 0.25) is 0 Å². The number of anilines is 1. The molecule has 3 rings (SSSR count). The summed E-state index contributed by atoms with van der Waals surface area (Å²) in [6, 6.07) is 6.96. The third-order valence-corrected chi connectivity index (χ3v) is 5.11. The molecule has 0 bridgehead atoms. The van der Waals surface area contributed by atoms with Gasteiger partial charge < -0.3 is 9.80 Å². The molecule has 0 atom stereocenters. The van der Waals surface area contributed by atoms with Crippen molar-refractivity contribution in [2.45, 2.75) is 0 Å². The van der Waals surface area contributed by atoms with E-state index >= 15 is 0 Å². The maximum absolute atomic E-state index is 13.9. The van der Waals surface area contributed by atoms with Crippen molar-refractivity contribution >= 4 is 34.2 Å². The number of nitrogens with zero attached hydrogens (tertiary/aromatic N) is 2. The van der Waals surface area contributed by atoms with Crippen LogP contribution in [-0.4, -0.2) is 37.0 Å². The number of amides is 1. The first-order valence-electron chi connectivity index (χ1n) is 7.63. The van der Waals surface area contributed by atoms with Gasteiger partial charge in [0.2, 0.25) is 5.82 Å². The van der Waals surface area contributed by atoms with Gasteiger partial charge in [-0.2, -0.15) is 0 Å². The van der Waals surface area contributed by atoms with E-state index in [1.165, 1.54) is 4.90 Å². The number of carbonyl (C=O) groups excluding carboxylic acids is 1. The van der Waals surface area contributed by atoms with Crippen LogP contribution in [0.1, 0.15) is 10.4 Å². The second kappa shape index (κ2) is 7.37. The molecule has 1 saturated heterocycles. The SMILES string of the molecule is O=C(c1ccccc1I)N1CCN(c2c(F)c(F)c(F)c(F)c2F)CC1. The van der Waals surface area contributed by atoms with Crippen molar-refractivity contribution in [3.8, 4) is 0 Å². The van der Waals surface area contributed by atoms with Gasteiger partial charge in [0.05, 0.1) is 5.56 Å².